The van der Waals surface area contributed by atoms with Crippen molar-refractivity contribution in [1.29, 1.82) is 0 Å². The van der Waals surface area contributed by atoms with Crippen LogP contribution in [-0.4, -0.2) is 21.4 Å². The topological polar surface area (TPSA) is 77.7 Å². The third-order valence-corrected chi connectivity index (χ3v) is 3.26. The van der Waals surface area contributed by atoms with E-state index >= 15 is 0 Å². The van der Waals surface area contributed by atoms with Crippen LogP contribution < -0.4 is 5.43 Å². The standard InChI is InChI=1S/C16H12ClN3O2/c17-11-1-2-14-15(3-4-18-16(14)7-11)20-19-9-10-5-12(21)8-13(22)6-10/h1-9,21-22H,(H,18,20)/b19-9+. The summed E-state index contributed by atoms with van der Waals surface area (Å²) >= 11 is 5.95. The molecule has 0 amide bonds. The molecule has 3 N–H and O–H groups in total. The molecule has 0 radical (unpaired) electrons. The summed E-state index contributed by atoms with van der Waals surface area (Å²) in [5.74, 6) is -0.0455. The van der Waals surface area contributed by atoms with Gasteiger partial charge in [0.15, 0.2) is 0 Å². The number of rotatable bonds is 3. The van der Waals surface area contributed by atoms with Crippen molar-refractivity contribution in [2.75, 3.05) is 5.43 Å². The highest BCUT2D eigenvalue weighted by Gasteiger charge is 2.02. The fourth-order valence-electron chi connectivity index (χ4n) is 2.09. The molecule has 1 aromatic heterocycles. The minimum absolute atomic E-state index is 0.0227. The summed E-state index contributed by atoms with van der Waals surface area (Å²) in [6, 6.07) is 11.5. The Bertz CT molecular complexity index is 845. The second-order valence-corrected chi connectivity index (χ2v) is 5.11. The fraction of sp³-hybridized carbons (Fsp3) is 0. The predicted octanol–water partition coefficient (Wildman–Crippen LogP) is 3.75. The number of halogens is 1. The number of anilines is 1. The first-order valence-electron chi connectivity index (χ1n) is 6.48. The lowest BCUT2D eigenvalue weighted by Gasteiger charge is -2.05. The van der Waals surface area contributed by atoms with Gasteiger partial charge < -0.3 is 10.2 Å². The molecule has 0 aliphatic carbocycles. The first kappa shape index (κ1) is 14.2. The maximum absolute atomic E-state index is 9.41. The van der Waals surface area contributed by atoms with Gasteiger partial charge in [0.1, 0.15) is 11.5 Å². The molecular formula is C16H12ClN3O2. The van der Waals surface area contributed by atoms with Crippen LogP contribution in [0.1, 0.15) is 5.56 Å². The van der Waals surface area contributed by atoms with E-state index in [2.05, 4.69) is 15.5 Å². The molecule has 0 saturated carbocycles. The monoisotopic (exact) mass is 313 g/mol. The van der Waals surface area contributed by atoms with Crippen molar-refractivity contribution >= 4 is 34.4 Å². The van der Waals surface area contributed by atoms with Crippen LogP contribution in [0.25, 0.3) is 10.9 Å². The van der Waals surface area contributed by atoms with Gasteiger partial charge in [-0.25, -0.2) is 0 Å². The fourth-order valence-corrected chi connectivity index (χ4v) is 2.25. The highest BCUT2D eigenvalue weighted by atomic mass is 35.5. The Hall–Kier alpha value is -2.79. The molecule has 0 aliphatic heterocycles. The number of benzene rings is 2. The smallest absolute Gasteiger partial charge is 0.119 e. The van der Waals surface area contributed by atoms with Gasteiger partial charge in [0.2, 0.25) is 0 Å². The zero-order valence-corrected chi connectivity index (χ0v) is 12.1. The van der Waals surface area contributed by atoms with Gasteiger partial charge in [-0.3, -0.25) is 10.4 Å². The number of nitrogens with zero attached hydrogens (tertiary/aromatic N) is 2. The molecule has 0 spiro atoms. The van der Waals surface area contributed by atoms with Crippen molar-refractivity contribution in [2.24, 2.45) is 5.10 Å². The summed E-state index contributed by atoms with van der Waals surface area (Å²) in [6.07, 6.45) is 3.16. The summed E-state index contributed by atoms with van der Waals surface area (Å²) in [5, 5.41) is 24.5. The highest BCUT2D eigenvalue weighted by Crippen LogP contribution is 2.24. The molecule has 0 saturated heterocycles. The van der Waals surface area contributed by atoms with Crippen LogP contribution >= 0.6 is 11.6 Å². The number of aromatic hydroxyl groups is 2. The van der Waals surface area contributed by atoms with Crippen molar-refractivity contribution in [3.05, 3.63) is 59.2 Å². The molecule has 6 heteroatoms. The lowest BCUT2D eigenvalue weighted by atomic mass is 10.2. The number of aromatic nitrogens is 1. The number of hydrazone groups is 1. The van der Waals surface area contributed by atoms with E-state index in [-0.39, 0.29) is 11.5 Å². The van der Waals surface area contributed by atoms with E-state index in [1.165, 1.54) is 24.4 Å². The molecule has 22 heavy (non-hydrogen) atoms. The van der Waals surface area contributed by atoms with Crippen molar-refractivity contribution in [3.8, 4) is 11.5 Å². The Morgan fingerprint density at radius 1 is 1.05 bits per heavy atom. The van der Waals surface area contributed by atoms with E-state index in [1.807, 2.05) is 6.07 Å². The van der Waals surface area contributed by atoms with Crippen LogP contribution in [0.15, 0.2) is 53.8 Å². The first-order chi connectivity index (χ1) is 10.6. The van der Waals surface area contributed by atoms with Gasteiger partial charge in [0, 0.05) is 28.2 Å². The summed E-state index contributed by atoms with van der Waals surface area (Å²) in [6.45, 7) is 0. The Morgan fingerprint density at radius 2 is 1.82 bits per heavy atom. The zero-order chi connectivity index (χ0) is 15.5. The van der Waals surface area contributed by atoms with Crippen molar-refractivity contribution in [3.63, 3.8) is 0 Å². The van der Waals surface area contributed by atoms with Crippen molar-refractivity contribution in [2.45, 2.75) is 0 Å². The van der Waals surface area contributed by atoms with Gasteiger partial charge in [-0.1, -0.05) is 11.6 Å². The van der Waals surface area contributed by atoms with Gasteiger partial charge in [0.05, 0.1) is 17.4 Å². The average molecular weight is 314 g/mol. The van der Waals surface area contributed by atoms with E-state index in [4.69, 9.17) is 11.6 Å². The largest absolute Gasteiger partial charge is 0.508 e. The Morgan fingerprint density at radius 3 is 2.59 bits per heavy atom. The third kappa shape index (κ3) is 3.10. The normalized spacial score (nSPS) is 11.1. The van der Waals surface area contributed by atoms with Crippen LogP contribution in [0.3, 0.4) is 0 Å². The maximum atomic E-state index is 9.41. The van der Waals surface area contributed by atoms with Gasteiger partial charge >= 0.3 is 0 Å². The molecule has 2 aromatic carbocycles. The summed E-state index contributed by atoms with van der Waals surface area (Å²) in [5.41, 5.74) is 5.04. The van der Waals surface area contributed by atoms with Crippen LogP contribution in [0.5, 0.6) is 11.5 Å². The number of hydrogen-bond donors (Lipinski definition) is 3. The van der Waals surface area contributed by atoms with Gasteiger partial charge in [-0.05, 0) is 36.4 Å². The Labute approximate surface area is 131 Å². The zero-order valence-electron chi connectivity index (χ0n) is 11.4. The summed E-state index contributed by atoms with van der Waals surface area (Å²) < 4.78 is 0. The van der Waals surface area contributed by atoms with Crippen molar-refractivity contribution < 1.29 is 10.2 Å². The molecule has 0 unspecified atom stereocenters. The van der Waals surface area contributed by atoms with Crippen LogP contribution in [0, 0.1) is 0 Å². The molecule has 0 bridgehead atoms. The van der Waals surface area contributed by atoms with Crippen molar-refractivity contribution in [1.82, 2.24) is 4.98 Å². The van der Waals surface area contributed by atoms with E-state index < -0.39 is 0 Å². The highest BCUT2D eigenvalue weighted by molar-refractivity contribution is 6.31. The molecule has 0 fully saturated rings. The Kier molecular flexibility index (Phi) is 3.80. The van der Waals surface area contributed by atoms with Gasteiger partial charge in [-0.2, -0.15) is 5.10 Å². The van der Waals surface area contributed by atoms with Gasteiger partial charge in [-0.15, -0.1) is 0 Å². The molecule has 5 nitrogen and oxygen atoms in total. The number of hydrogen-bond acceptors (Lipinski definition) is 5. The molecule has 3 rings (SSSR count). The summed E-state index contributed by atoms with van der Waals surface area (Å²) in [7, 11) is 0. The second kappa shape index (κ2) is 5.91. The second-order valence-electron chi connectivity index (χ2n) is 4.67. The van der Waals surface area contributed by atoms with Crippen LogP contribution in [0.2, 0.25) is 5.02 Å². The number of pyridine rings is 1. The molecular weight excluding hydrogens is 302 g/mol. The molecule has 3 aromatic rings. The van der Waals surface area contributed by atoms with E-state index in [0.717, 1.165) is 16.6 Å². The minimum Gasteiger partial charge on any atom is -0.508 e. The number of fused-ring (bicyclic) bond motifs is 1. The third-order valence-electron chi connectivity index (χ3n) is 3.03. The van der Waals surface area contributed by atoms with E-state index in [1.54, 1.807) is 24.4 Å². The number of nitrogens with one attached hydrogen (secondary N) is 1. The minimum atomic E-state index is -0.0227. The van der Waals surface area contributed by atoms with E-state index in [0.29, 0.717) is 10.6 Å². The first-order valence-corrected chi connectivity index (χ1v) is 6.86. The SMILES string of the molecule is Oc1cc(O)cc(/C=N/Nc2ccnc3cc(Cl)ccc23)c1. The maximum Gasteiger partial charge on any atom is 0.119 e. The van der Waals surface area contributed by atoms with Crippen LogP contribution in [-0.2, 0) is 0 Å². The lowest BCUT2D eigenvalue weighted by molar-refractivity contribution is 0.450. The molecule has 0 aliphatic rings. The molecule has 1 heterocycles. The average Bonchev–Trinajstić information content (AvgIpc) is 2.46. The Balaban J connectivity index is 1.86. The predicted molar refractivity (Wildman–Crippen MR) is 87.7 cm³/mol. The lowest BCUT2D eigenvalue weighted by Crippen LogP contribution is -1.93. The van der Waals surface area contributed by atoms with Crippen LogP contribution in [0.4, 0.5) is 5.69 Å². The number of phenolic OH excluding ortho intramolecular Hbond substituents is 2. The quantitative estimate of drug-likeness (QED) is 0.508. The molecule has 110 valence electrons. The van der Waals surface area contributed by atoms with E-state index in [9.17, 15) is 10.2 Å². The summed E-state index contributed by atoms with van der Waals surface area (Å²) in [4.78, 5) is 4.25. The number of phenols is 2. The van der Waals surface area contributed by atoms with Gasteiger partial charge in [0.25, 0.3) is 0 Å². The molecule has 0 atom stereocenters.